The number of ether oxygens (including phenoxy) is 1. The standard InChI is InChI=1S/C21H38N4OS.HI/c1-3-5-14-26-15-7-11-23-21(22-4-2)24-17-19-9-12-25(13-10-19)18-20-8-6-16-27-20;/h6,8,16,19H,3-5,7,9-15,17-18H2,1-2H3,(H2,22,23,24);1H. The lowest BCUT2D eigenvalue weighted by Gasteiger charge is -2.31. The van der Waals surface area contributed by atoms with Crippen LogP contribution in [0.15, 0.2) is 22.5 Å². The summed E-state index contributed by atoms with van der Waals surface area (Å²) in [6, 6.07) is 4.39. The largest absolute Gasteiger partial charge is 0.381 e. The molecule has 0 bridgehead atoms. The minimum Gasteiger partial charge on any atom is -0.381 e. The minimum absolute atomic E-state index is 0. The second kappa shape index (κ2) is 16.4. The Hall–Kier alpha value is -0.380. The number of halogens is 1. The van der Waals surface area contributed by atoms with Crippen molar-refractivity contribution in [3.63, 3.8) is 0 Å². The van der Waals surface area contributed by atoms with Crippen molar-refractivity contribution in [2.75, 3.05) is 45.9 Å². The summed E-state index contributed by atoms with van der Waals surface area (Å²) in [6.45, 7) is 12.3. The van der Waals surface area contributed by atoms with E-state index in [-0.39, 0.29) is 24.0 Å². The molecule has 0 spiro atoms. The monoisotopic (exact) mass is 522 g/mol. The molecule has 1 aromatic heterocycles. The molecule has 0 saturated carbocycles. The molecule has 1 aliphatic heterocycles. The first-order valence-corrected chi connectivity index (χ1v) is 11.5. The SMILES string of the molecule is CCCCOCCCNC(=NCC1CCN(Cc2cccs2)CC1)NCC.I. The fourth-order valence-corrected chi connectivity index (χ4v) is 3.99. The summed E-state index contributed by atoms with van der Waals surface area (Å²) in [6.07, 6.45) is 5.88. The third-order valence-electron chi connectivity index (χ3n) is 4.92. The van der Waals surface area contributed by atoms with E-state index in [0.717, 1.165) is 58.2 Å². The van der Waals surface area contributed by atoms with Gasteiger partial charge in [-0.2, -0.15) is 0 Å². The zero-order valence-corrected chi connectivity index (χ0v) is 20.8. The predicted molar refractivity (Wildman–Crippen MR) is 132 cm³/mol. The number of nitrogens with zero attached hydrogens (tertiary/aromatic N) is 2. The van der Waals surface area contributed by atoms with E-state index in [0.29, 0.717) is 5.92 Å². The zero-order valence-electron chi connectivity index (χ0n) is 17.6. The molecule has 162 valence electrons. The molecule has 1 saturated heterocycles. The summed E-state index contributed by atoms with van der Waals surface area (Å²) >= 11 is 1.86. The van der Waals surface area contributed by atoms with Crippen molar-refractivity contribution in [2.24, 2.45) is 10.9 Å². The van der Waals surface area contributed by atoms with Gasteiger partial charge in [0, 0.05) is 44.3 Å². The highest BCUT2D eigenvalue weighted by Crippen LogP contribution is 2.20. The van der Waals surface area contributed by atoms with Crippen molar-refractivity contribution in [3.05, 3.63) is 22.4 Å². The number of piperidine rings is 1. The maximum Gasteiger partial charge on any atom is 0.191 e. The van der Waals surface area contributed by atoms with Gasteiger partial charge in [0.1, 0.15) is 0 Å². The maximum absolute atomic E-state index is 5.61. The van der Waals surface area contributed by atoms with Crippen LogP contribution in [0.2, 0.25) is 0 Å². The van der Waals surface area contributed by atoms with Crippen LogP contribution in [-0.2, 0) is 11.3 Å². The average molecular weight is 523 g/mol. The summed E-state index contributed by atoms with van der Waals surface area (Å²) in [5, 5.41) is 8.97. The first-order valence-electron chi connectivity index (χ1n) is 10.7. The second-order valence-corrected chi connectivity index (χ2v) is 8.30. The van der Waals surface area contributed by atoms with Gasteiger partial charge in [-0.15, -0.1) is 35.3 Å². The summed E-state index contributed by atoms with van der Waals surface area (Å²) < 4.78 is 5.61. The van der Waals surface area contributed by atoms with Crippen molar-refractivity contribution in [3.8, 4) is 0 Å². The minimum atomic E-state index is 0. The van der Waals surface area contributed by atoms with E-state index in [4.69, 9.17) is 9.73 Å². The van der Waals surface area contributed by atoms with Crippen LogP contribution in [0.4, 0.5) is 0 Å². The molecule has 1 aromatic rings. The van der Waals surface area contributed by atoms with Crippen molar-refractivity contribution in [2.45, 2.75) is 52.5 Å². The first kappa shape index (κ1) is 25.7. The van der Waals surface area contributed by atoms with E-state index in [1.54, 1.807) is 0 Å². The number of likely N-dealkylation sites (tertiary alicyclic amines) is 1. The molecule has 28 heavy (non-hydrogen) atoms. The molecule has 0 amide bonds. The van der Waals surface area contributed by atoms with Crippen LogP contribution in [0.1, 0.15) is 50.8 Å². The molecule has 1 fully saturated rings. The van der Waals surface area contributed by atoms with Crippen LogP contribution in [0.25, 0.3) is 0 Å². The van der Waals surface area contributed by atoms with Crippen LogP contribution >= 0.6 is 35.3 Å². The zero-order chi connectivity index (χ0) is 19.2. The molecule has 2 N–H and O–H groups in total. The summed E-state index contributed by atoms with van der Waals surface area (Å²) in [5.41, 5.74) is 0. The number of nitrogens with one attached hydrogen (secondary N) is 2. The number of rotatable bonds is 12. The Kier molecular flexibility index (Phi) is 15.0. The smallest absolute Gasteiger partial charge is 0.191 e. The summed E-state index contributed by atoms with van der Waals surface area (Å²) in [4.78, 5) is 8.88. The Morgan fingerprint density at radius 3 is 2.68 bits per heavy atom. The van der Waals surface area contributed by atoms with Crippen molar-refractivity contribution >= 4 is 41.3 Å². The van der Waals surface area contributed by atoms with Gasteiger partial charge in [0.2, 0.25) is 0 Å². The quantitative estimate of drug-likeness (QED) is 0.186. The van der Waals surface area contributed by atoms with Gasteiger partial charge in [-0.1, -0.05) is 19.4 Å². The van der Waals surface area contributed by atoms with Gasteiger partial charge >= 0.3 is 0 Å². The van der Waals surface area contributed by atoms with Crippen LogP contribution < -0.4 is 10.6 Å². The van der Waals surface area contributed by atoms with Gasteiger partial charge in [-0.3, -0.25) is 9.89 Å². The van der Waals surface area contributed by atoms with Gasteiger partial charge < -0.3 is 15.4 Å². The summed E-state index contributed by atoms with van der Waals surface area (Å²) in [5.74, 6) is 1.66. The number of thiophene rings is 1. The van der Waals surface area contributed by atoms with Crippen LogP contribution in [0.3, 0.4) is 0 Å². The fourth-order valence-electron chi connectivity index (χ4n) is 3.24. The van der Waals surface area contributed by atoms with E-state index >= 15 is 0 Å². The number of hydrogen-bond donors (Lipinski definition) is 2. The lowest BCUT2D eigenvalue weighted by atomic mass is 9.97. The molecular formula is C21H39IN4OS. The van der Waals surface area contributed by atoms with E-state index in [1.165, 1.54) is 37.2 Å². The van der Waals surface area contributed by atoms with Crippen molar-refractivity contribution in [1.29, 1.82) is 0 Å². The number of unbranched alkanes of at least 4 members (excludes halogenated alkanes) is 1. The molecule has 0 unspecified atom stereocenters. The van der Waals surface area contributed by atoms with Crippen molar-refractivity contribution < 1.29 is 4.74 Å². The molecule has 0 atom stereocenters. The Labute approximate surface area is 192 Å². The molecule has 2 rings (SSSR count). The van der Waals surface area contributed by atoms with E-state index in [2.05, 4.69) is 46.9 Å². The molecule has 0 radical (unpaired) electrons. The highest BCUT2D eigenvalue weighted by Gasteiger charge is 2.19. The number of hydrogen-bond acceptors (Lipinski definition) is 4. The van der Waals surface area contributed by atoms with E-state index in [9.17, 15) is 0 Å². The van der Waals surface area contributed by atoms with E-state index < -0.39 is 0 Å². The average Bonchev–Trinajstić information content (AvgIpc) is 3.19. The molecular weight excluding hydrogens is 483 g/mol. The summed E-state index contributed by atoms with van der Waals surface area (Å²) in [7, 11) is 0. The Bertz CT molecular complexity index is 505. The molecule has 0 aliphatic carbocycles. The van der Waals surface area contributed by atoms with Gasteiger partial charge in [0.05, 0.1) is 0 Å². The van der Waals surface area contributed by atoms with Gasteiger partial charge in [-0.25, -0.2) is 0 Å². The number of guanidine groups is 1. The lowest BCUT2D eigenvalue weighted by Crippen LogP contribution is -2.39. The van der Waals surface area contributed by atoms with Crippen LogP contribution in [0.5, 0.6) is 0 Å². The maximum atomic E-state index is 5.61. The number of aliphatic imine (C=N–C) groups is 1. The van der Waals surface area contributed by atoms with Crippen LogP contribution in [-0.4, -0.2) is 56.8 Å². The molecule has 2 heterocycles. The fraction of sp³-hybridized carbons (Fsp3) is 0.762. The third kappa shape index (κ3) is 11.0. The highest BCUT2D eigenvalue weighted by atomic mass is 127. The molecule has 0 aromatic carbocycles. The van der Waals surface area contributed by atoms with Crippen LogP contribution in [0, 0.1) is 5.92 Å². The second-order valence-electron chi connectivity index (χ2n) is 7.26. The Morgan fingerprint density at radius 2 is 2.00 bits per heavy atom. The third-order valence-corrected chi connectivity index (χ3v) is 5.78. The van der Waals surface area contributed by atoms with Crippen molar-refractivity contribution in [1.82, 2.24) is 15.5 Å². The van der Waals surface area contributed by atoms with Gasteiger partial charge in [0.15, 0.2) is 5.96 Å². The predicted octanol–water partition coefficient (Wildman–Crippen LogP) is 4.34. The highest BCUT2D eigenvalue weighted by molar-refractivity contribution is 14.0. The molecule has 1 aliphatic rings. The normalized spacial score (nSPS) is 16.0. The van der Waals surface area contributed by atoms with Gasteiger partial charge in [0.25, 0.3) is 0 Å². The van der Waals surface area contributed by atoms with E-state index in [1.807, 2.05) is 11.3 Å². The Balaban J connectivity index is 0.00000392. The topological polar surface area (TPSA) is 48.9 Å². The van der Waals surface area contributed by atoms with Gasteiger partial charge in [-0.05, 0) is 63.1 Å². The Morgan fingerprint density at radius 1 is 1.21 bits per heavy atom. The lowest BCUT2D eigenvalue weighted by molar-refractivity contribution is 0.129. The molecule has 5 nitrogen and oxygen atoms in total. The molecule has 7 heteroatoms. The first-order chi connectivity index (χ1) is 13.3.